The van der Waals surface area contributed by atoms with E-state index in [1.165, 1.54) is 5.69 Å². The van der Waals surface area contributed by atoms with Crippen molar-refractivity contribution in [3.63, 3.8) is 0 Å². The van der Waals surface area contributed by atoms with E-state index in [2.05, 4.69) is 44.6 Å². The Balaban J connectivity index is 1.22. The Morgan fingerprint density at radius 1 is 1.03 bits per heavy atom. The fourth-order valence-electron chi connectivity index (χ4n) is 3.55. The maximum absolute atomic E-state index is 12.2. The maximum atomic E-state index is 12.2. The molecule has 1 aromatic heterocycles. The van der Waals surface area contributed by atoms with Gasteiger partial charge in [-0.3, -0.25) is 9.69 Å². The van der Waals surface area contributed by atoms with E-state index in [1.54, 1.807) is 0 Å². The van der Waals surface area contributed by atoms with E-state index in [9.17, 15) is 4.79 Å². The van der Waals surface area contributed by atoms with Gasteiger partial charge in [0, 0.05) is 50.2 Å². The van der Waals surface area contributed by atoms with Crippen molar-refractivity contribution in [2.75, 3.05) is 37.6 Å². The lowest BCUT2D eigenvalue weighted by Crippen LogP contribution is -2.47. The highest BCUT2D eigenvalue weighted by molar-refractivity contribution is 6.00. The minimum absolute atomic E-state index is 0.0778. The van der Waals surface area contributed by atoms with Gasteiger partial charge in [-0.25, -0.2) is 5.43 Å². The predicted molar refractivity (Wildman–Crippen MR) is 116 cm³/mol. The van der Waals surface area contributed by atoms with Crippen LogP contribution in [0.1, 0.15) is 19.1 Å². The van der Waals surface area contributed by atoms with E-state index >= 15 is 0 Å². The lowest BCUT2D eigenvalue weighted by Gasteiger charge is -2.36. The molecule has 2 heterocycles. The number of hydrogen-bond acceptors (Lipinski definition) is 5. The molecule has 2 aromatic carbocycles. The van der Waals surface area contributed by atoms with Crippen LogP contribution >= 0.6 is 0 Å². The van der Waals surface area contributed by atoms with Crippen molar-refractivity contribution in [1.29, 1.82) is 0 Å². The van der Waals surface area contributed by atoms with E-state index in [-0.39, 0.29) is 5.91 Å². The number of anilines is 1. The number of benzene rings is 2. The first kappa shape index (κ1) is 19.2. The van der Waals surface area contributed by atoms with Crippen molar-refractivity contribution in [2.45, 2.75) is 13.3 Å². The number of rotatable bonds is 6. The SMILES string of the molecule is CC(=NNC(=O)CCN1CCN(c2ccccc2)CC1)c1cc2ccccc2o1. The standard InChI is InChI=1S/C23H26N4O2/c1-18(22-17-19-7-5-6-10-21(19)29-22)24-25-23(28)11-12-26-13-15-27(16-14-26)20-8-3-2-4-9-20/h2-10,17H,11-16H2,1H3,(H,25,28). The number of piperazine rings is 1. The number of furan rings is 1. The van der Waals surface area contributed by atoms with Crippen LogP contribution in [0.15, 0.2) is 70.2 Å². The van der Waals surface area contributed by atoms with Crippen LogP contribution in [0.5, 0.6) is 0 Å². The summed E-state index contributed by atoms with van der Waals surface area (Å²) in [6.45, 7) is 6.46. The smallest absolute Gasteiger partial charge is 0.241 e. The second-order valence-corrected chi connectivity index (χ2v) is 7.29. The fourth-order valence-corrected chi connectivity index (χ4v) is 3.55. The molecule has 4 rings (SSSR count). The molecular weight excluding hydrogens is 364 g/mol. The molecule has 1 aliphatic rings. The van der Waals surface area contributed by atoms with E-state index in [1.807, 2.05) is 43.3 Å². The summed E-state index contributed by atoms with van der Waals surface area (Å²) in [6, 6.07) is 20.2. The lowest BCUT2D eigenvalue weighted by atomic mass is 10.2. The van der Waals surface area contributed by atoms with Crippen molar-refractivity contribution in [2.24, 2.45) is 5.10 Å². The van der Waals surface area contributed by atoms with Gasteiger partial charge >= 0.3 is 0 Å². The number of para-hydroxylation sites is 2. The van der Waals surface area contributed by atoms with Gasteiger partial charge in [0.1, 0.15) is 11.3 Å². The van der Waals surface area contributed by atoms with Gasteiger partial charge in [0.2, 0.25) is 5.91 Å². The number of nitrogens with zero attached hydrogens (tertiary/aromatic N) is 3. The molecule has 6 heteroatoms. The van der Waals surface area contributed by atoms with Crippen molar-refractivity contribution < 1.29 is 9.21 Å². The zero-order valence-electron chi connectivity index (χ0n) is 16.7. The molecule has 1 amide bonds. The summed E-state index contributed by atoms with van der Waals surface area (Å²) in [7, 11) is 0. The van der Waals surface area contributed by atoms with E-state index in [0.29, 0.717) is 17.9 Å². The molecule has 3 aromatic rings. The normalized spacial score (nSPS) is 15.6. The molecular formula is C23H26N4O2. The Hall–Kier alpha value is -3.12. The number of carbonyl (C=O) groups excluding carboxylic acids is 1. The summed E-state index contributed by atoms with van der Waals surface area (Å²) in [6.07, 6.45) is 0.433. The van der Waals surface area contributed by atoms with Crippen LogP contribution in [0.3, 0.4) is 0 Å². The third-order valence-corrected chi connectivity index (χ3v) is 5.28. The number of hydrazone groups is 1. The molecule has 0 unspecified atom stereocenters. The lowest BCUT2D eigenvalue weighted by molar-refractivity contribution is -0.121. The molecule has 1 fully saturated rings. The Morgan fingerprint density at radius 2 is 1.76 bits per heavy atom. The van der Waals surface area contributed by atoms with Gasteiger partial charge < -0.3 is 9.32 Å². The molecule has 0 radical (unpaired) electrons. The van der Waals surface area contributed by atoms with Crippen LogP contribution in [-0.2, 0) is 4.79 Å². The highest BCUT2D eigenvalue weighted by Crippen LogP contribution is 2.19. The highest BCUT2D eigenvalue weighted by Gasteiger charge is 2.17. The van der Waals surface area contributed by atoms with Gasteiger partial charge in [-0.15, -0.1) is 0 Å². The van der Waals surface area contributed by atoms with E-state index in [0.717, 1.165) is 43.7 Å². The monoisotopic (exact) mass is 390 g/mol. The minimum Gasteiger partial charge on any atom is -0.455 e. The Kier molecular flexibility index (Phi) is 5.91. The van der Waals surface area contributed by atoms with Crippen LogP contribution in [0.4, 0.5) is 5.69 Å². The zero-order chi connectivity index (χ0) is 20.1. The summed E-state index contributed by atoms with van der Waals surface area (Å²) in [5, 5.41) is 5.23. The molecule has 29 heavy (non-hydrogen) atoms. The molecule has 1 aliphatic heterocycles. The number of fused-ring (bicyclic) bond motifs is 1. The van der Waals surface area contributed by atoms with Crippen LogP contribution < -0.4 is 10.3 Å². The third kappa shape index (κ3) is 4.84. The van der Waals surface area contributed by atoms with Crippen LogP contribution in [0.2, 0.25) is 0 Å². The molecule has 0 aliphatic carbocycles. The molecule has 0 atom stereocenters. The van der Waals surface area contributed by atoms with Crippen LogP contribution in [0, 0.1) is 0 Å². The third-order valence-electron chi connectivity index (χ3n) is 5.28. The molecule has 150 valence electrons. The van der Waals surface area contributed by atoms with Crippen molar-refractivity contribution in [3.8, 4) is 0 Å². The Bertz CT molecular complexity index is 955. The first-order valence-corrected chi connectivity index (χ1v) is 10.0. The van der Waals surface area contributed by atoms with Gasteiger partial charge in [0.15, 0.2) is 5.76 Å². The van der Waals surface area contributed by atoms with Gasteiger partial charge in [0.05, 0.1) is 0 Å². The second kappa shape index (κ2) is 8.92. The number of hydrogen-bond donors (Lipinski definition) is 1. The average molecular weight is 390 g/mol. The number of carbonyl (C=O) groups is 1. The van der Waals surface area contributed by atoms with Crippen LogP contribution in [-0.4, -0.2) is 49.2 Å². The highest BCUT2D eigenvalue weighted by atomic mass is 16.3. The molecule has 1 N–H and O–H groups in total. The fraction of sp³-hybridized carbons (Fsp3) is 0.304. The van der Waals surface area contributed by atoms with Crippen molar-refractivity contribution in [1.82, 2.24) is 10.3 Å². The molecule has 1 saturated heterocycles. The minimum atomic E-state index is -0.0778. The summed E-state index contributed by atoms with van der Waals surface area (Å²) >= 11 is 0. The summed E-state index contributed by atoms with van der Waals surface area (Å²) in [5.41, 5.74) is 5.39. The predicted octanol–water partition coefficient (Wildman–Crippen LogP) is 3.49. The quantitative estimate of drug-likeness (QED) is 0.517. The summed E-state index contributed by atoms with van der Waals surface area (Å²) in [4.78, 5) is 16.9. The average Bonchev–Trinajstić information content (AvgIpc) is 3.21. The van der Waals surface area contributed by atoms with Crippen molar-refractivity contribution in [3.05, 3.63) is 66.4 Å². The summed E-state index contributed by atoms with van der Waals surface area (Å²) < 4.78 is 5.77. The Morgan fingerprint density at radius 3 is 2.52 bits per heavy atom. The first-order chi connectivity index (χ1) is 14.2. The largest absolute Gasteiger partial charge is 0.455 e. The first-order valence-electron chi connectivity index (χ1n) is 10.0. The topological polar surface area (TPSA) is 61.1 Å². The number of nitrogens with one attached hydrogen (secondary N) is 1. The van der Waals surface area contributed by atoms with E-state index < -0.39 is 0 Å². The van der Waals surface area contributed by atoms with Gasteiger partial charge in [-0.1, -0.05) is 36.4 Å². The van der Waals surface area contributed by atoms with Crippen molar-refractivity contribution >= 4 is 28.3 Å². The molecule has 6 nitrogen and oxygen atoms in total. The molecule has 0 spiro atoms. The Labute approximate surface area is 170 Å². The van der Waals surface area contributed by atoms with Gasteiger partial charge in [-0.05, 0) is 31.2 Å². The van der Waals surface area contributed by atoms with Gasteiger partial charge in [-0.2, -0.15) is 5.10 Å². The molecule has 0 bridgehead atoms. The second-order valence-electron chi connectivity index (χ2n) is 7.29. The maximum Gasteiger partial charge on any atom is 0.241 e. The number of amides is 1. The zero-order valence-corrected chi connectivity index (χ0v) is 16.7. The summed E-state index contributed by atoms with van der Waals surface area (Å²) in [5.74, 6) is 0.592. The molecule has 0 saturated carbocycles. The van der Waals surface area contributed by atoms with Crippen LogP contribution in [0.25, 0.3) is 11.0 Å². The van der Waals surface area contributed by atoms with E-state index in [4.69, 9.17) is 4.42 Å². The van der Waals surface area contributed by atoms with Gasteiger partial charge in [0.25, 0.3) is 0 Å².